The van der Waals surface area contributed by atoms with E-state index in [-0.39, 0.29) is 5.92 Å². The maximum Gasteiger partial charge on any atom is 0.226 e. The molecule has 2 N–H and O–H groups in total. The smallest absolute Gasteiger partial charge is 0.226 e. The number of amides is 1. The molecule has 0 radical (unpaired) electrons. The molecular formula is C14H28N2O. The van der Waals surface area contributed by atoms with E-state index in [4.69, 9.17) is 5.73 Å². The first-order valence-corrected chi connectivity index (χ1v) is 7.12. The van der Waals surface area contributed by atoms with Gasteiger partial charge in [0.2, 0.25) is 5.91 Å². The lowest BCUT2D eigenvalue weighted by Crippen LogP contribution is -2.41. The Bertz CT molecular complexity index is 242. The zero-order valence-corrected chi connectivity index (χ0v) is 11.6. The third-order valence-electron chi connectivity index (χ3n) is 4.20. The number of hydrogen-bond donors (Lipinski definition) is 1. The summed E-state index contributed by atoms with van der Waals surface area (Å²) in [6.45, 7) is 8.87. The summed E-state index contributed by atoms with van der Waals surface area (Å²) in [6, 6.07) is 0. The van der Waals surface area contributed by atoms with E-state index in [9.17, 15) is 4.79 Å². The second kappa shape index (κ2) is 7.00. The van der Waals surface area contributed by atoms with Crippen LogP contribution in [0, 0.1) is 17.8 Å². The van der Waals surface area contributed by atoms with Crippen LogP contribution in [-0.4, -0.2) is 30.4 Å². The molecule has 3 nitrogen and oxygen atoms in total. The molecule has 1 aliphatic rings. The predicted molar refractivity (Wildman–Crippen MR) is 71.6 cm³/mol. The molecule has 100 valence electrons. The van der Waals surface area contributed by atoms with Crippen molar-refractivity contribution in [1.82, 2.24) is 4.90 Å². The van der Waals surface area contributed by atoms with Crippen LogP contribution in [0.4, 0.5) is 0 Å². The first kappa shape index (κ1) is 14.5. The van der Waals surface area contributed by atoms with Gasteiger partial charge in [0.25, 0.3) is 0 Å². The molecule has 1 amide bonds. The molecule has 0 aliphatic heterocycles. The van der Waals surface area contributed by atoms with E-state index < -0.39 is 0 Å². The summed E-state index contributed by atoms with van der Waals surface area (Å²) in [5.41, 5.74) is 5.76. The molecule has 3 heteroatoms. The van der Waals surface area contributed by atoms with Crippen molar-refractivity contribution in [2.45, 2.75) is 46.5 Å². The van der Waals surface area contributed by atoms with Crippen LogP contribution in [0.3, 0.4) is 0 Å². The number of nitrogens with zero attached hydrogens (tertiary/aromatic N) is 1. The summed E-state index contributed by atoms with van der Waals surface area (Å²) in [5, 5.41) is 0. The second-order valence-corrected chi connectivity index (χ2v) is 5.42. The normalized spacial score (nSPS) is 25.9. The Morgan fingerprint density at radius 1 is 1.41 bits per heavy atom. The average molecular weight is 240 g/mol. The van der Waals surface area contributed by atoms with Gasteiger partial charge in [-0.2, -0.15) is 0 Å². The first-order chi connectivity index (χ1) is 8.13. The van der Waals surface area contributed by atoms with E-state index in [1.165, 1.54) is 6.42 Å². The summed E-state index contributed by atoms with van der Waals surface area (Å²) in [4.78, 5) is 14.5. The highest BCUT2D eigenvalue weighted by Crippen LogP contribution is 2.32. The average Bonchev–Trinajstić information content (AvgIpc) is 2.82. The first-order valence-electron chi connectivity index (χ1n) is 7.12. The van der Waals surface area contributed by atoms with Crippen LogP contribution in [0.2, 0.25) is 0 Å². The molecule has 0 aromatic rings. The number of rotatable bonds is 6. The Labute approximate surface area is 106 Å². The fraction of sp³-hybridized carbons (Fsp3) is 0.929. The Morgan fingerprint density at radius 2 is 2.12 bits per heavy atom. The standard InChI is InChI=1S/C14H28N2O/c1-4-11(3)10-16(5-2)14(17)13-8-6-7-12(13)9-15/h11-13H,4-10,15H2,1-3H3. The minimum absolute atomic E-state index is 0.198. The van der Waals surface area contributed by atoms with Crippen molar-refractivity contribution in [3.63, 3.8) is 0 Å². The summed E-state index contributed by atoms with van der Waals surface area (Å²) < 4.78 is 0. The Hall–Kier alpha value is -0.570. The van der Waals surface area contributed by atoms with Crippen LogP contribution in [-0.2, 0) is 4.79 Å². The molecule has 0 heterocycles. The maximum absolute atomic E-state index is 12.5. The summed E-state index contributed by atoms with van der Waals surface area (Å²) in [7, 11) is 0. The fourth-order valence-corrected chi connectivity index (χ4v) is 2.76. The van der Waals surface area contributed by atoms with Gasteiger partial charge in [0.15, 0.2) is 0 Å². The van der Waals surface area contributed by atoms with Crippen molar-refractivity contribution in [2.24, 2.45) is 23.5 Å². The van der Waals surface area contributed by atoms with E-state index in [1.807, 2.05) is 4.90 Å². The highest BCUT2D eigenvalue weighted by molar-refractivity contribution is 5.79. The predicted octanol–water partition coefficient (Wildman–Crippen LogP) is 2.26. The monoisotopic (exact) mass is 240 g/mol. The molecule has 1 fully saturated rings. The molecule has 0 aromatic heterocycles. The van der Waals surface area contributed by atoms with Gasteiger partial charge in [0.1, 0.15) is 0 Å². The molecular weight excluding hydrogens is 212 g/mol. The molecule has 1 saturated carbocycles. The Kier molecular flexibility index (Phi) is 5.96. The van der Waals surface area contributed by atoms with Gasteiger partial charge >= 0.3 is 0 Å². The summed E-state index contributed by atoms with van der Waals surface area (Å²) in [5.74, 6) is 1.56. The molecule has 1 rings (SSSR count). The van der Waals surface area contributed by atoms with Crippen LogP contribution in [0.1, 0.15) is 46.5 Å². The zero-order valence-electron chi connectivity index (χ0n) is 11.6. The van der Waals surface area contributed by atoms with Gasteiger partial charge in [-0.15, -0.1) is 0 Å². The third kappa shape index (κ3) is 3.70. The number of nitrogens with two attached hydrogens (primary N) is 1. The van der Waals surface area contributed by atoms with E-state index in [1.54, 1.807) is 0 Å². The van der Waals surface area contributed by atoms with Gasteiger partial charge in [0, 0.05) is 19.0 Å². The molecule has 0 bridgehead atoms. The van der Waals surface area contributed by atoms with Crippen molar-refractivity contribution in [3.8, 4) is 0 Å². The lowest BCUT2D eigenvalue weighted by Gasteiger charge is -2.29. The number of carbonyl (C=O) groups is 1. The van der Waals surface area contributed by atoms with E-state index in [0.29, 0.717) is 24.3 Å². The van der Waals surface area contributed by atoms with Gasteiger partial charge in [-0.05, 0) is 38.1 Å². The van der Waals surface area contributed by atoms with Gasteiger partial charge in [-0.1, -0.05) is 26.7 Å². The highest BCUT2D eigenvalue weighted by atomic mass is 16.2. The number of carbonyl (C=O) groups excluding carboxylic acids is 1. The molecule has 3 atom stereocenters. The van der Waals surface area contributed by atoms with Crippen LogP contribution in [0.5, 0.6) is 0 Å². The van der Waals surface area contributed by atoms with Crippen LogP contribution < -0.4 is 5.73 Å². The molecule has 0 spiro atoms. The number of hydrogen-bond acceptors (Lipinski definition) is 2. The van der Waals surface area contributed by atoms with Gasteiger partial charge in [-0.25, -0.2) is 0 Å². The summed E-state index contributed by atoms with van der Waals surface area (Å²) >= 11 is 0. The van der Waals surface area contributed by atoms with Crippen molar-refractivity contribution in [1.29, 1.82) is 0 Å². The van der Waals surface area contributed by atoms with Crippen LogP contribution >= 0.6 is 0 Å². The van der Waals surface area contributed by atoms with Gasteiger partial charge < -0.3 is 10.6 Å². The Morgan fingerprint density at radius 3 is 2.65 bits per heavy atom. The SMILES string of the molecule is CCC(C)CN(CC)C(=O)C1CCCC1CN. The second-order valence-electron chi connectivity index (χ2n) is 5.42. The fourth-order valence-electron chi connectivity index (χ4n) is 2.76. The van der Waals surface area contributed by atoms with Gasteiger partial charge in [-0.3, -0.25) is 4.79 Å². The molecule has 3 unspecified atom stereocenters. The molecule has 1 aliphatic carbocycles. The van der Waals surface area contributed by atoms with Crippen LogP contribution in [0.25, 0.3) is 0 Å². The third-order valence-corrected chi connectivity index (χ3v) is 4.20. The quantitative estimate of drug-likeness (QED) is 0.774. The minimum atomic E-state index is 0.198. The van der Waals surface area contributed by atoms with Crippen molar-refractivity contribution in [2.75, 3.05) is 19.6 Å². The Balaban J connectivity index is 2.59. The van der Waals surface area contributed by atoms with Crippen molar-refractivity contribution in [3.05, 3.63) is 0 Å². The van der Waals surface area contributed by atoms with Crippen molar-refractivity contribution < 1.29 is 4.79 Å². The summed E-state index contributed by atoms with van der Waals surface area (Å²) in [6.07, 6.45) is 4.47. The van der Waals surface area contributed by atoms with E-state index in [0.717, 1.165) is 32.4 Å². The zero-order chi connectivity index (χ0) is 12.8. The van der Waals surface area contributed by atoms with Crippen molar-refractivity contribution >= 4 is 5.91 Å². The molecule has 0 saturated heterocycles. The van der Waals surface area contributed by atoms with E-state index in [2.05, 4.69) is 20.8 Å². The highest BCUT2D eigenvalue weighted by Gasteiger charge is 2.34. The lowest BCUT2D eigenvalue weighted by atomic mass is 9.94. The largest absolute Gasteiger partial charge is 0.342 e. The van der Waals surface area contributed by atoms with E-state index >= 15 is 0 Å². The molecule has 17 heavy (non-hydrogen) atoms. The lowest BCUT2D eigenvalue weighted by molar-refractivity contribution is -0.137. The van der Waals surface area contributed by atoms with Gasteiger partial charge in [0.05, 0.1) is 0 Å². The topological polar surface area (TPSA) is 46.3 Å². The van der Waals surface area contributed by atoms with Crippen LogP contribution in [0.15, 0.2) is 0 Å². The maximum atomic E-state index is 12.5. The minimum Gasteiger partial charge on any atom is -0.342 e. The molecule has 0 aromatic carbocycles.